The van der Waals surface area contributed by atoms with Crippen LogP contribution in [0, 0.1) is 5.92 Å². The summed E-state index contributed by atoms with van der Waals surface area (Å²) >= 11 is 12.4. The average molecular weight is 649 g/mol. The molecule has 45 heavy (non-hydrogen) atoms. The minimum absolute atomic E-state index is 0.115. The molecule has 15 heteroatoms. The molecule has 0 radical (unpaired) electrons. The first-order valence-corrected chi connectivity index (χ1v) is 15.1. The Balaban J connectivity index is 1.37. The zero-order valence-corrected chi connectivity index (χ0v) is 25.8. The molecule has 1 amide bonds. The monoisotopic (exact) mass is 647 g/mol. The van der Waals surface area contributed by atoms with E-state index >= 15 is 0 Å². The minimum atomic E-state index is -0.520. The fraction of sp³-hybridized carbons (Fsp3) is 0.300. The lowest BCUT2D eigenvalue weighted by Crippen LogP contribution is -2.28. The van der Waals surface area contributed by atoms with Crippen molar-refractivity contribution in [2.45, 2.75) is 32.2 Å². The number of ether oxygens (including phenoxy) is 2. The van der Waals surface area contributed by atoms with Gasteiger partial charge in [0, 0.05) is 29.6 Å². The summed E-state index contributed by atoms with van der Waals surface area (Å²) in [6.07, 6.45) is 6.44. The molecule has 0 saturated carbocycles. The molecule has 2 atom stereocenters. The van der Waals surface area contributed by atoms with E-state index in [-0.39, 0.29) is 22.5 Å². The fourth-order valence-electron chi connectivity index (χ4n) is 5.74. The number of amides is 1. The number of carbonyl (C=O) groups is 1. The number of aromatic nitrogens is 8. The Morgan fingerprint density at radius 2 is 1.89 bits per heavy atom. The average Bonchev–Trinajstić information content (AvgIpc) is 3.63. The van der Waals surface area contributed by atoms with Crippen LogP contribution in [0.1, 0.15) is 37.9 Å². The third kappa shape index (κ3) is 5.42. The Kier molecular flexibility index (Phi) is 7.50. The van der Waals surface area contributed by atoms with Gasteiger partial charge in [-0.05, 0) is 37.1 Å². The van der Waals surface area contributed by atoms with Crippen LogP contribution in [0.4, 0.5) is 5.69 Å². The number of carbonyl (C=O) groups excluding carboxylic acids is 1. The summed E-state index contributed by atoms with van der Waals surface area (Å²) in [5, 5.41) is 16.0. The van der Waals surface area contributed by atoms with E-state index in [1.165, 1.54) is 17.1 Å². The molecule has 7 rings (SSSR count). The van der Waals surface area contributed by atoms with Gasteiger partial charge in [0.1, 0.15) is 13.2 Å². The maximum absolute atomic E-state index is 13.9. The van der Waals surface area contributed by atoms with Gasteiger partial charge in [0.15, 0.2) is 10.9 Å². The third-order valence-electron chi connectivity index (χ3n) is 8.00. The lowest BCUT2D eigenvalue weighted by molar-refractivity contribution is -0.119. The Bertz CT molecular complexity index is 2000. The van der Waals surface area contributed by atoms with Crippen LogP contribution in [-0.2, 0) is 11.8 Å². The Morgan fingerprint density at radius 1 is 1.04 bits per heavy atom. The molecule has 6 heterocycles. The molecular formula is C30H27Cl2N9O4. The number of hydrogen-bond acceptors (Lipinski definition) is 9. The van der Waals surface area contributed by atoms with Gasteiger partial charge in [0.05, 0.1) is 58.8 Å². The molecule has 230 valence electrons. The molecule has 0 fully saturated rings. The van der Waals surface area contributed by atoms with Gasteiger partial charge in [-0.2, -0.15) is 5.10 Å². The molecule has 4 aromatic heterocycles. The van der Waals surface area contributed by atoms with Crippen molar-refractivity contribution >= 4 is 34.8 Å². The van der Waals surface area contributed by atoms with Gasteiger partial charge in [0.2, 0.25) is 5.91 Å². The summed E-state index contributed by atoms with van der Waals surface area (Å²) in [5.41, 5.74) is 3.72. The summed E-state index contributed by atoms with van der Waals surface area (Å²) in [7, 11) is 1.79. The van der Waals surface area contributed by atoms with Crippen LogP contribution in [0.25, 0.3) is 28.2 Å². The molecule has 1 aromatic carbocycles. The molecule has 0 aliphatic carbocycles. The van der Waals surface area contributed by atoms with E-state index in [2.05, 4.69) is 20.7 Å². The molecule has 2 aliphatic heterocycles. The van der Waals surface area contributed by atoms with Crippen LogP contribution in [0.5, 0.6) is 11.6 Å². The van der Waals surface area contributed by atoms with Gasteiger partial charge in [-0.25, -0.2) is 14.6 Å². The summed E-state index contributed by atoms with van der Waals surface area (Å²) in [4.78, 5) is 36.6. The molecule has 2 aliphatic rings. The number of pyridine rings is 1. The SMILES string of the molecule is C[C@@H]1CCC[C@H](n2cnc(-c3cc(Cl)ccc3-n3cc(Cl)nn3)cc2=O)c2cc(c3c(n2)OCCO3)-c2c(cnn2C)NC1=O. The number of hydrogen-bond donors (Lipinski definition) is 1. The summed E-state index contributed by atoms with van der Waals surface area (Å²) in [5.74, 6) is 0.378. The number of halogens is 2. The van der Waals surface area contributed by atoms with Crippen LogP contribution in [0.15, 0.2) is 53.8 Å². The molecule has 2 bridgehead atoms. The van der Waals surface area contributed by atoms with Gasteiger partial charge in [0.25, 0.3) is 11.4 Å². The highest BCUT2D eigenvalue weighted by Crippen LogP contribution is 2.44. The summed E-state index contributed by atoms with van der Waals surface area (Å²) in [6.45, 7) is 2.56. The first-order valence-electron chi connectivity index (χ1n) is 14.4. The summed E-state index contributed by atoms with van der Waals surface area (Å²) < 4.78 is 16.7. The first kappa shape index (κ1) is 29.0. The predicted octanol–water partition coefficient (Wildman–Crippen LogP) is 4.71. The molecule has 0 saturated heterocycles. The van der Waals surface area contributed by atoms with Crippen molar-refractivity contribution in [3.05, 3.63) is 75.3 Å². The number of rotatable bonds is 3. The Hall–Kier alpha value is -4.75. The Morgan fingerprint density at radius 3 is 2.69 bits per heavy atom. The second kappa shape index (κ2) is 11.6. The Labute approximate surface area is 266 Å². The lowest BCUT2D eigenvalue weighted by atomic mass is 9.96. The number of aryl methyl sites for hydroxylation is 1. The predicted molar refractivity (Wildman–Crippen MR) is 166 cm³/mol. The van der Waals surface area contributed by atoms with Gasteiger partial charge in [-0.15, -0.1) is 5.10 Å². The van der Waals surface area contributed by atoms with Crippen molar-refractivity contribution in [3.63, 3.8) is 0 Å². The number of anilines is 1. The van der Waals surface area contributed by atoms with E-state index in [0.717, 1.165) is 0 Å². The maximum atomic E-state index is 13.9. The van der Waals surface area contributed by atoms with Crippen molar-refractivity contribution in [2.75, 3.05) is 18.5 Å². The topological polar surface area (TPSA) is 144 Å². The first-order chi connectivity index (χ1) is 21.8. The van der Waals surface area contributed by atoms with Gasteiger partial charge >= 0.3 is 0 Å². The van der Waals surface area contributed by atoms with Gasteiger partial charge < -0.3 is 14.8 Å². The molecule has 0 unspecified atom stereocenters. The van der Waals surface area contributed by atoms with E-state index in [0.29, 0.717) is 88.7 Å². The smallest absolute Gasteiger partial charge is 0.258 e. The van der Waals surface area contributed by atoms with Crippen LogP contribution in [0.2, 0.25) is 10.2 Å². The van der Waals surface area contributed by atoms with Gasteiger partial charge in [-0.1, -0.05) is 41.8 Å². The molecular weight excluding hydrogens is 621 g/mol. The van der Waals surface area contributed by atoms with Crippen molar-refractivity contribution in [3.8, 4) is 39.8 Å². The highest BCUT2D eigenvalue weighted by molar-refractivity contribution is 6.31. The van der Waals surface area contributed by atoms with Crippen molar-refractivity contribution in [2.24, 2.45) is 13.0 Å². The number of nitrogens with zero attached hydrogens (tertiary/aromatic N) is 8. The quantitative estimate of drug-likeness (QED) is 0.294. The largest absolute Gasteiger partial charge is 0.484 e. The van der Waals surface area contributed by atoms with Crippen molar-refractivity contribution in [1.82, 2.24) is 39.3 Å². The summed E-state index contributed by atoms with van der Waals surface area (Å²) in [6, 6.07) is 7.99. The number of nitrogens with one attached hydrogen (secondary N) is 1. The second-order valence-electron chi connectivity index (χ2n) is 11.0. The van der Waals surface area contributed by atoms with Crippen LogP contribution in [-0.4, -0.2) is 58.4 Å². The minimum Gasteiger partial charge on any atom is -0.484 e. The lowest BCUT2D eigenvalue weighted by Gasteiger charge is -2.26. The number of fused-ring (bicyclic) bond motifs is 6. The molecule has 0 spiro atoms. The molecule has 13 nitrogen and oxygen atoms in total. The fourth-order valence-corrected chi connectivity index (χ4v) is 6.04. The molecule has 5 aromatic rings. The van der Waals surface area contributed by atoms with E-state index in [1.54, 1.807) is 46.9 Å². The second-order valence-corrected chi connectivity index (χ2v) is 11.8. The van der Waals surface area contributed by atoms with Crippen LogP contribution in [0.3, 0.4) is 0 Å². The highest BCUT2D eigenvalue weighted by atomic mass is 35.5. The van der Waals surface area contributed by atoms with E-state index in [4.69, 9.17) is 42.6 Å². The zero-order chi connectivity index (χ0) is 31.2. The van der Waals surface area contributed by atoms with Crippen LogP contribution >= 0.6 is 23.2 Å². The zero-order valence-electron chi connectivity index (χ0n) is 24.3. The standard InChI is InChI=1S/C30H27Cl2N9O4/c1-16-4-3-5-24(21-11-19(28-30(36-21)45-9-8-44-28)27-22(35-29(16)43)13-34-39(27)2)40-15-33-20(12-26(40)42)18-10-17(31)6-7-23(18)41-14-25(32)37-38-41/h6-7,10-16,24H,3-5,8-9H2,1-2H3,(H,35,43)/t16-,24+/m1/s1. The van der Waals surface area contributed by atoms with E-state index in [9.17, 15) is 9.59 Å². The van der Waals surface area contributed by atoms with Crippen molar-refractivity contribution < 1.29 is 14.3 Å². The normalized spacial score (nSPS) is 18.0. The van der Waals surface area contributed by atoms with E-state index in [1.807, 2.05) is 13.0 Å². The van der Waals surface area contributed by atoms with Gasteiger partial charge in [-0.3, -0.25) is 18.8 Å². The highest BCUT2D eigenvalue weighted by Gasteiger charge is 2.30. The maximum Gasteiger partial charge on any atom is 0.258 e. The number of benzene rings is 1. The van der Waals surface area contributed by atoms with Crippen molar-refractivity contribution in [1.29, 1.82) is 0 Å². The third-order valence-corrected chi connectivity index (χ3v) is 8.41. The van der Waals surface area contributed by atoms with Crippen LogP contribution < -0.4 is 20.3 Å². The molecule has 1 N–H and O–H groups in total. The van der Waals surface area contributed by atoms with E-state index < -0.39 is 6.04 Å².